The van der Waals surface area contributed by atoms with Crippen LogP contribution in [0.1, 0.15) is 11.1 Å². The molecule has 0 atom stereocenters. The normalized spacial score (nSPS) is 21.1. The predicted molar refractivity (Wildman–Crippen MR) is 99.0 cm³/mol. The van der Waals surface area contributed by atoms with E-state index in [0.29, 0.717) is 11.1 Å². The molecule has 8 nitrogen and oxygen atoms in total. The van der Waals surface area contributed by atoms with E-state index < -0.39 is 44.1 Å². The van der Waals surface area contributed by atoms with Crippen LogP contribution in [0.25, 0.3) is 12.2 Å². The Morgan fingerprint density at radius 1 is 0.517 bits per heavy atom. The van der Waals surface area contributed by atoms with E-state index >= 15 is 0 Å². The monoisotopic (exact) mass is 408 g/mol. The Morgan fingerprint density at radius 3 is 1.14 bits per heavy atom. The van der Waals surface area contributed by atoms with Gasteiger partial charge in [-0.3, -0.25) is 0 Å². The zero-order chi connectivity index (χ0) is 20.4. The SMILES string of the molecule is O=C1O[Si]2(OC(=O)C1=Cc1ccccc1)OC(=O)C(=Cc1ccccc1)C(=O)O2. The summed E-state index contributed by atoms with van der Waals surface area (Å²) < 4.78 is 19.9. The van der Waals surface area contributed by atoms with Crippen molar-refractivity contribution in [1.82, 2.24) is 0 Å². The molecular formula is C20H12O8Si. The van der Waals surface area contributed by atoms with Crippen LogP contribution in [0.4, 0.5) is 0 Å². The Bertz CT molecular complexity index is 941. The molecule has 2 saturated heterocycles. The topological polar surface area (TPSA) is 105 Å². The maximum Gasteiger partial charge on any atom is 0.975 e. The first-order valence-corrected chi connectivity index (χ1v) is 10.1. The fraction of sp³-hybridized carbons (Fsp3) is 0. The van der Waals surface area contributed by atoms with E-state index in [1.54, 1.807) is 60.7 Å². The third kappa shape index (κ3) is 3.71. The van der Waals surface area contributed by atoms with Crippen LogP contribution < -0.4 is 0 Å². The molecule has 4 rings (SSSR count). The second kappa shape index (κ2) is 7.21. The molecule has 0 radical (unpaired) electrons. The zero-order valence-corrected chi connectivity index (χ0v) is 15.7. The summed E-state index contributed by atoms with van der Waals surface area (Å²) in [6.45, 7) is 0. The summed E-state index contributed by atoms with van der Waals surface area (Å²) in [4.78, 5) is 49.3. The molecule has 2 aliphatic rings. The van der Waals surface area contributed by atoms with Gasteiger partial charge in [0.1, 0.15) is 11.1 Å². The number of rotatable bonds is 2. The fourth-order valence-electron chi connectivity index (χ4n) is 2.63. The molecule has 29 heavy (non-hydrogen) atoms. The average molecular weight is 408 g/mol. The van der Waals surface area contributed by atoms with Crippen LogP contribution in [0, 0.1) is 0 Å². The largest absolute Gasteiger partial charge is 0.975 e. The van der Waals surface area contributed by atoms with Gasteiger partial charge in [-0.25, -0.2) is 19.2 Å². The van der Waals surface area contributed by atoms with Gasteiger partial charge < -0.3 is 17.7 Å². The van der Waals surface area contributed by atoms with Crippen LogP contribution >= 0.6 is 0 Å². The highest BCUT2D eigenvalue weighted by molar-refractivity contribution is 6.66. The van der Waals surface area contributed by atoms with Crippen molar-refractivity contribution in [2.24, 2.45) is 0 Å². The number of hydrogen-bond donors (Lipinski definition) is 0. The molecule has 0 N–H and O–H groups in total. The quantitative estimate of drug-likeness (QED) is 0.421. The van der Waals surface area contributed by atoms with E-state index in [-0.39, 0.29) is 0 Å². The van der Waals surface area contributed by atoms with Gasteiger partial charge in [-0.05, 0) is 23.3 Å². The summed E-state index contributed by atoms with van der Waals surface area (Å²) in [5, 5.41) is 0. The Morgan fingerprint density at radius 2 is 0.828 bits per heavy atom. The smallest absolute Gasteiger partial charge is 0.419 e. The molecule has 2 aliphatic heterocycles. The van der Waals surface area contributed by atoms with Gasteiger partial charge in [-0.2, -0.15) is 0 Å². The van der Waals surface area contributed by atoms with Crippen molar-refractivity contribution in [3.63, 3.8) is 0 Å². The molecule has 0 unspecified atom stereocenters. The molecule has 2 aromatic rings. The third-order valence-electron chi connectivity index (χ3n) is 3.97. The summed E-state index contributed by atoms with van der Waals surface area (Å²) in [6, 6.07) is 17.0. The highest BCUT2D eigenvalue weighted by Gasteiger charge is 2.69. The Balaban J connectivity index is 1.57. The van der Waals surface area contributed by atoms with E-state index in [2.05, 4.69) is 0 Å². The standard InChI is InChI=1S/C20H12O8Si/c21-17-15(11-13-7-3-1-4-8-13)18(22)26-29(25-17)27-19(23)16(20(24)28-29)12-14-9-5-2-6-10-14/h1-12H. The van der Waals surface area contributed by atoms with Gasteiger partial charge in [-0.1, -0.05) is 60.7 Å². The molecule has 0 amide bonds. The lowest BCUT2D eigenvalue weighted by atomic mass is 10.1. The van der Waals surface area contributed by atoms with E-state index in [1.165, 1.54) is 12.2 Å². The van der Waals surface area contributed by atoms with Crippen LogP contribution in [-0.2, 0) is 36.9 Å². The molecule has 1 spiro atoms. The minimum Gasteiger partial charge on any atom is -0.419 e. The van der Waals surface area contributed by atoms with Crippen LogP contribution in [0.5, 0.6) is 0 Å². The number of carbonyl (C=O) groups excluding carboxylic acids is 4. The van der Waals surface area contributed by atoms with Crippen LogP contribution in [0.3, 0.4) is 0 Å². The molecule has 2 heterocycles. The second-order valence-electron chi connectivity index (χ2n) is 6.00. The summed E-state index contributed by atoms with van der Waals surface area (Å²) >= 11 is 0. The fourth-order valence-corrected chi connectivity index (χ4v) is 4.23. The van der Waals surface area contributed by atoms with Gasteiger partial charge in [0.25, 0.3) is 0 Å². The van der Waals surface area contributed by atoms with Crippen molar-refractivity contribution in [3.8, 4) is 0 Å². The minimum absolute atomic E-state index is 0.410. The Hall–Kier alpha value is -3.98. The van der Waals surface area contributed by atoms with E-state index in [1.807, 2.05) is 0 Å². The highest BCUT2D eigenvalue weighted by Crippen LogP contribution is 2.29. The van der Waals surface area contributed by atoms with Crippen LogP contribution in [0.2, 0.25) is 0 Å². The summed E-state index contributed by atoms with van der Waals surface area (Å²) in [6.07, 6.45) is 2.53. The van der Waals surface area contributed by atoms with E-state index in [9.17, 15) is 19.2 Å². The lowest BCUT2D eigenvalue weighted by Crippen LogP contribution is -2.61. The maximum atomic E-state index is 12.3. The van der Waals surface area contributed by atoms with E-state index in [0.717, 1.165) is 0 Å². The van der Waals surface area contributed by atoms with Gasteiger partial charge >= 0.3 is 32.9 Å². The second-order valence-corrected chi connectivity index (χ2v) is 7.81. The molecule has 2 fully saturated rings. The summed E-state index contributed by atoms with van der Waals surface area (Å²) in [7, 11) is -4.62. The molecular weight excluding hydrogens is 396 g/mol. The van der Waals surface area contributed by atoms with E-state index in [4.69, 9.17) is 17.7 Å². The summed E-state index contributed by atoms with van der Waals surface area (Å²) in [5.74, 6) is -4.42. The predicted octanol–water partition coefficient (Wildman–Crippen LogP) is 1.79. The Labute approximate surface area is 165 Å². The van der Waals surface area contributed by atoms with Gasteiger partial charge in [0.05, 0.1) is 0 Å². The zero-order valence-electron chi connectivity index (χ0n) is 14.7. The van der Waals surface area contributed by atoms with Crippen LogP contribution in [0.15, 0.2) is 71.8 Å². The van der Waals surface area contributed by atoms with Crippen molar-refractivity contribution in [2.75, 3.05) is 0 Å². The van der Waals surface area contributed by atoms with Crippen molar-refractivity contribution < 1.29 is 36.9 Å². The summed E-state index contributed by atoms with van der Waals surface area (Å²) in [5.41, 5.74) is 0.290. The van der Waals surface area contributed by atoms with Gasteiger partial charge in [0.2, 0.25) is 0 Å². The lowest BCUT2D eigenvalue weighted by molar-refractivity contribution is -0.168. The van der Waals surface area contributed by atoms with Crippen molar-refractivity contribution in [2.45, 2.75) is 0 Å². The van der Waals surface area contributed by atoms with Crippen molar-refractivity contribution in [3.05, 3.63) is 82.9 Å². The molecule has 144 valence electrons. The van der Waals surface area contributed by atoms with Gasteiger partial charge in [-0.15, -0.1) is 0 Å². The number of carbonyl (C=O) groups is 4. The van der Waals surface area contributed by atoms with Gasteiger partial charge in [0.15, 0.2) is 0 Å². The first-order valence-electron chi connectivity index (χ1n) is 8.43. The molecule has 0 saturated carbocycles. The maximum absolute atomic E-state index is 12.3. The molecule has 2 aromatic carbocycles. The molecule has 9 heteroatoms. The van der Waals surface area contributed by atoms with Gasteiger partial charge in [0, 0.05) is 0 Å². The third-order valence-corrected chi connectivity index (χ3v) is 5.71. The Kier molecular flexibility index (Phi) is 4.57. The molecule has 0 aromatic heterocycles. The molecule has 0 aliphatic carbocycles. The minimum atomic E-state index is -4.62. The van der Waals surface area contributed by atoms with Crippen LogP contribution in [-0.4, -0.2) is 32.9 Å². The molecule has 0 bridgehead atoms. The van der Waals surface area contributed by atoms with Crippen molar-refractivity contribution in [1.29, 1.82) is 0 Å². The first-order chi connectivity index (χ1) is 14.0. The first kappa shape index (κ1) is 18.4. The highest BCUT2D eigenvalue weighted by atomic mass is 28.4. The number of hydrogen-bond acceptors (Lipinski definition) is 8. The average Bonchev–Trinajstić information content (AvgIpc) is 2.69. The number of benzene rings is 2. The van der Waals surface area contributed by atoms with Crippen molar-refractivity contribution >= 4 is 45.1 Å². The lowest BCUT2D eigenvalue weighted by Gasteiger charge is -2.31.